The van der Waals surface area contributed by atoms with Gasteiger partial charge in [0.05, 0.1) is 16.6 Å². The number of hydrogen-bond acceptors (Lipinski definition) is 5. The van der Waals surface area contributed by atoms with Crippen molar-refractivity contribution in [3.63, 3.8) is 0 Å². The molecule has 28 heavy (non-hydrogen) atoms. The monoisotopic (exact) mass is 409 g/mol. The van der Waals surface area contributed by atoms with Gasteiger partial charge >= 0.3 is 5.97 Å². The van der Waals surface area contributed by atoms with Crippen LogP contribution in [0.4, 0.5) is 10.1 Å². The van der Waals surface area contributed by atoms with Gasteiger partial charge in [-0.15, -0.1) is 0 Å². The van der Waals surface area contributed by atoms with E-state index in [1.807, 2.05) is 7.05 Å². The lowest BCUT2D eigenvalue weighted by Gasteiger charge is -2.22. The third-order valence-corrected chi connectivity index (χ3v) is 5.96. The smallest absolute Gasteiger partial charge is 0.341 e. The first kappa shape index (κ1) is 19.0. The van der Waals surface area contributed by atoms with Crippen molar-refractivity contribution in [2.24, 2.45) is 0 Å². The number of ether oxygens (including phenoxy) is 1. The molecular formula is C19H21ClFN3O4. The Morgan fingerprint density at radius 3 is 2.71 bits per heavy atom. The van der Waals surface area contributed by atoms with Crippen LogP contribution in [0.25, 0.3) is 10.9 Å². The van der Waals surface area contributed by atoms with E-state index in [1.54, 1.807) is 4.57 Å². The summed E-state index contributed by atoms with van der Waals surface area (Å²) >= 11 is 6.48. The minimum Gasteiger partial charge on any atom is -0.487 e. The number of pyridine rings is 1. The van der Waals surface area contributed by atoms with E-state index in [0.29, 0.717) is 0 Å². The van der Waals surface area contributed by atoms with Crippen LogP contribution in [0, 0.1) is 5.82 Å². The van der Waals surface area contributed by atoms with Crippen LogP contribution in [-0.4, -0.2) is 46.8 Å². The van der Waals surface area contributed by atoms with Gasteiger partial charge < -0.3 is 25.0 Å². The molecule has 3 N–H and O–H groups in total. The maximum Gasteiger partial charge on any atom is 0.341 e. The lowest BCUT2D eigenvalue weighted by Crippen LogP contribution is -2.31. The fourth-order valence-electron chi connectivity index (χ4n) is 3.83. The van der Waals surface area contributed by atoms with Crippen LogP contribution in [0.3, 0.4) is 0 Å². The molecule has 9 heteroatoms. The third kappa shape index (κ3) is 3.00. The van der Waals surface area contributed by atoms with Crippen LogP contribution in [-0.2, 0) is 0 Å². The Morgan fingerprint density at radius 1 is 1.43 bits per heavy atom. The van der Waals surface area contributed by atoms with Crippen molar-refractivity contribution in [3.8, 4) is 5.75 Å². The van der Waals surface area contributed by atoms with E-state index in [4.69, 9.17) is 22.1 Å². The van der Waals surface area contributed by atoms with E-state index >= 15 is 0 Å². The van der Waals surface area contributed by atoms with E-state index in [9.17, 15) is 19.1 Å². The first-order chi connectivity index (χ1) is 13.3. The third-order valence-electron chi connectivity index (χ3n) is 5.61. The highest BCUT2D eigenvalue weighted by Crippen LogP contribution is 2.44. The summed E-state index contributed by atoms with van der Waals surface area (Å²) in [4.78, 5) is 26.3. The quantitative estimate of drug-likeness (QED) is 0.737. The number of likely N-dealkylation sites (tertiary alicyclic amines) is 1. The molecule has 1 aromatic heterocycles. The van der Waals surface area contributed by atoms with E-state index in [-0.39, 0.29) is 40.4 Å². The molecular weight excluding hydrogens is 389 g/mol. The van der Waals surface area contributed by atoms with Crippen LogP contribution >= 0.6 is 11.6 Å². The number of carboxylic acid groups (broad SMARTS) is 1. The molecule has 2 heterocycles. The fraction of sp³-hybridized carbons (Fsp3) is 0.474. The number of carboxylic acids is 1. The van der Waals surface area contributed by atoms with Gasteiger partial charge in [0.1, 0.15) is 17.2 Å². The number of hydrogen-bond donors (Lipinski definition) is 2. The highest BCUT2D eigenvalue weighted by molar-refractivity contribution is 6.37. The molecule has 1 aliphatic heterocycles. The Bertz CT molecular complexity index is 1030. The number of nitrogens with zero attached hydrogens (tertiary/aromatic N) is 2. The Balaban J connectivity index is 1.89. The second-order valence-electron chi connectivity index (χ2n) is 7.50. The van der Waals surface area contributed by atoms with Gasteiger partial charge in [-0.2, -0.15) is 0 Å². The molecule has 1 saturated heterocycles. The average molecular weight is 410 g/mol. The average Bonchev–Trinajstić information content (AvgIpc) is 3.41. The van der Waals surface area contributed by atoms with Crippen molar-refractivity contribution >= 4 is 34.2 Å². The molecule has 1 aliphatic carbocycles. The van der Waals surface area contributed by atoms with Gasteiger partial charge in [-0.3, -0.25) is 4.79 Å². The molecule has 2 fully saturated rings. The van der Waals surface area contributed by atoms with Crippen molar-refractivity contribution in [1.82, 2.24) is 9.47 Å². The Labute approximate surface area is 165 Å². The molecule has 0 spiro atoms. The maximum absolute atomic E-state index is 15.0. The van der Waals surface area contributed by atoms with Gasteiger partial charge in [0.15, 0.2) is 11.6 Å². The molecule has 0 bridgehead atoms. The normalized spacial score (nSPS) is 20.0. The Hall–Kier alpha value is -2.32. The van der Waals surface area contributed by atoms with Crippen molar-refractivity contribution in [1.29, 1.82) is 0 Å². The van der Waals surface area contributed by atoms with Crippen molar-refractivity contribution in [3.05, 3.63) is 32.8 Å². The number of aromatic carboxylic acids is 1. The van der Waals surface area contributed by atoms with E-state index in [1.165, 1.54) is 6.20 Å². The second-order valence-corrected chi connectivity index (χ2v) is 7.88. The Kier molecular flexibility index (Phi) is 4.71. The predicted molar refractivity (Wildman–Crippen MR) is 104 cm³/mol. The largest absolute Gasteiger partial charge is 0.487 e. The number of fused-ring (bicyclic) bond motifs is 1. The summed E-state index contributed by atoms with van der Waals surface area (Å²) in [7, 11) is 1.98. The van der Waals surface area contributed by atoms with Gasteiger partial charge in [0.2, 0.25) is 5.43 Å². The zero-order valence-corrected chi connectivity index (χ0v) is 16.1. The summed E-state index contributed by atoms with van der Waals surface area (Å²) < 4.78 is 22.3. The van der Waals surface area contributed by atoms with Gasteiger partial charge in [0.25, 0.3) is 0 Å². The number of benzene rings is 1. The molecule has 150 valence electrons. The first-order valence-corrected chi connectivity index (χ1v) is 9.60. The lowest BCUT2D eigenvalue weighted by atomic mass is 10.1. The first-order valence-electron chi connectivity index (χ1n) is 9.22. The van der Waals surface area contributed by atoms with Crippen LogP contribution in [0.2, 0.25) is 5.02 Å². The molecule has 2 aromatic rings. The van der Waals surface area contributed by atoms with Crippen LogP contribution in [0.5, 0.6) is 5.75 Å². The lowest BCUT2D eigenvalue weighted by molar-refractivity contribution is 0.0695. The number of carbonyl (C=O) groups is 1. The van der Waals surface area contributed by atoms with Gasteiger partial charge in [-0.05, 0) is 39.3 Å². The zero-order valence-electron chi connectivity index (χ0n) is 15.4. The summed E-state index contributed by atoms with van der Waals surface area (Å²) in [6, 6.07) is 0.143. The summed E-state index contributed by atoms with van der Waals surface area (Å²) in [5, 5.41) is 9.09. The molecule has 0 amide bonds. The highest BCUT2D eigenvalue weighted by Gasteiger charge is 2.32. The fourth-order valence-corrected chi connectivity index (χ4v) is 4.16. The molecule has 1 atom stereocenters. The van der Waals surface area contributed by atoms with E-state index in [0.717, 1.165) is 32.2 Å². The van der Waals surface area contributed by atoms with Crippen LogP contribution in [0.1, 0.15) is 42.1 Å². The SMILES string of the molecule is CN1CCCC1COc1c(F)c(N)c2c(=O)c(C(=O)O)cn(C3CC3)c2c1Cl. The van der Waals surface area contributed by atoms with Crippen LogP contribution < -0.4 is 15.9 Å². The molecule has 2 aliphatic rings. The number of halogens is 2. The van der Waals surface area contributed by atoms with Gasteiger partial charge in [-0.1, -0.05) is 11.6 Å². The van der Waals surface area contributed by atoms with E-state index < -0.39 is 28.5 Å². The van der Waals surface area contributed by atoms with Crippen LogP contribution in [0.15, 0.2) is 11.0 Å². The molecule has 7 nitrogen and oxygen atoms in total. The van der Waals surface area contributed by atoms with E-state index in [2.05, 4.69) is 4.90 Å². The number of nitrogen functional groups attached to an aromatic ring is 1. The number of likely N-dealkylation sites (N-methyl/N-ethyl adjacent to an activating group) is 1. The number of anilines is 1. The second kappa shape index (κ2) is 6.93. The van der Waals surface area contributed by atoms with Crippen molar-refractivity contribution in [2.45, 2.75) is 37.8 Å². The number of aromatic nitrogens is 1. The summed E-state index contributed by atoms with van der Waals surface area (Å²) in [6.07, 6.45) is 4.87. The highest BCUT2D eigenvalue weighted by atomic mass is 35.5. The molecule has 1 aromatic carbocycles. The molecule has 0 radical (unpaired) electrons. The number of rotatable bonds is 5. The molecule has 1 saturated carbocycles. The summed E-state index contributed by atoms with van der Waals surface area (Å²) in [5.74, 6) is -2.51. The summed E-state index contributed by atoms with van der Waals surface area (Å²) in [5.41, 5.74) is 4.42. The Morgan fingerprint density at radius 2 is 2.14 bits per heavy atom. The van der Waals surface area contributed by atoms with Gasteiger partial charge in [-0.25, -0.2) is 9.18 Å². The van der Waals surface area contributed by atoms with Crippen molar-refractivity contribution in [2.75, 3.05) is 25.9 Å². The predicted octanol–water partition coefficient (Wildman–Crippen LogP) is 2.88. The molecule has 4 rings (SSSR count). The maximum atomic E-state index is 15.0. The summed E-state index contributed by atoms with van der Waals surface area (Å²) in [6.45, 7) is 1.20. The van der Waals surface area contributed by atoms with Crippen molar-refractivity contribution < 1.29 is 19.0 Å². The standard InChI is InChI=1S/C19H21ClFN3O4/c1-23-6-2-3-10(23)8-28-18-13(20)16-12(15(22)14(18)21)17(25)11(19(26)27)7-24(16)9-4-5-9/h7,9-10H,2-6,8,22H2,1H3,(H,26,27). The van der Waals surface area contributed by atoms with Gasteiger partial charge in [0, 0.05) is 18.3 Å². The topological polar surface area (TPSA) is 97.8 Å². The minimum atomic E-state index is -1.39. The molecule has 1 unspecified atom stereocenters. The number of nitrogens with two attached hydrogens (primary N) is 1. The zero-order chi connectivity index (χ0) is 20.2. The minimum absolute atomic E-state index is 0.00243.